The second kappa shape index (κ2) is 8.89. The van der Waals surface area contributed by atoms with E-state index in [9.17, 15) is 4.79 Å². The molecule has 0 aliphatic carbocycles. The number of likely N-dealkylation sites (tertiary alicyclic amines) is 1. The fourth-order valence-corrected chi connectivity index (χ4v) is 4.88. The first-order chi connectivity index (χ1) is 15.6. The third-order valence-corrected chi connectivity index (χ3v) is 6.49. The first-order valence-corrected chi connectivity index (χ1v) is 11.5. The summed E-state index contributed by atoms with van der Waals surface area (Å²) in [5, 5.41) is 3.80. The predicted molar refractivity (Wildman–Crippen MR) is 131 cm³/mol. The molecule has 0 radical (unpaired) electrons. The second-order valence-electron chi connectivity index (χ2n) is 8.65. The molecule has 32 heavy (non-hydrogen) atoms. The van der Waals surface area contributed by atoms with Gasteiger partial charge in [0.25, 0.3) is 5.91 Å². The molecule has 4 nitrogen and oxygen atoms in total. The maximum absolute atomic E-state index is 13.2. The number of hydrogen-bond donors (Lipinski definition) is 1. The van der Waals surface area contributed by atoms with Crippen molar-refractivity contribution in [3.63, 3.8) is 0 Å². The van der Waals surface area contributed by atoms with Crippen molar-refractivity contribution in [3.05, 3.63) is 93.5 Å². The molecule has 2 aliphatic rings. The molecule has 0 bridgehead atoms. The monoisotopic (exact) mass is 443 g/mol. The van der Waals surface area contributed by atoms with Gasteiger partial charge in [-0.1, -0.05) is 41.9 Å². The Hall–Kier alpha value is -2.95. The second-order valence-corrected chi connectivity index (χ2v) is 9.08. The summed E-state index contributed by atoms with van der Waals surface area (Å²) in [7, 11) is 0. The molecule has 2 aliphatic heterocycles. The quantitative estimate of drug-likeness (QED) is 0.512. The van der Waals surface area contributed by atoms with Crippen LogP contribution in [-0.4, -0.2) is 29.6 Å². The number of anilines is 1. The number of halogens is 1. The van der Waals surface area contributed by atoms with Crippen molar-refractivity contribution in [3.8, 4) is 0 Å². The lowest BCUT2D eigenvalue weighted by atomic mass is 9.99. The zero-order chi connectivity index (χ0) is 22.1. The Morgan fingerprint density at radius 3 is 2.69 bits per heavy atom. The molecular weight excluding hydrogens is 418 g/mol. The smallest absolute Gasteiger partial charge is 0.257 e. The number of amides is 1. The van der Waals surface area contributed by atoms with Crippen LogP contribution >= 0.6 is 11.6 Å². The molecule has 1 N–H and O–H groups in total. The van der Waals surface area contributed by atoms with Gasteiger partial charge in [0.1, 0.15) is 0 Å². The van der Waals surface area contributed by atoms with Crippen LogP contribution in [0.15, 0.2) is 65.7 Å². The van der Waals surface area contributed by atoms with Gasteiger partial charge in [-0.05, 0) is 85.4 Å². The minimum absolute atomic E-state index is 0.127. The van der Waals surface area contributed by atoms with Gasteiger partial charge in [0.2, 0.25) is 0 Å². The van der Waals surface area contributed by atoms with Crippen LogP contribution in [0.2, 0.25) is 5.02 Å². The fourth-order valence-electron chi connectivity index (χ4n) is 4.66. The topological polar surface area (TPSA) is 44.7 Å². The average molecular weight is 444 g/mol. The van der Waals surface area contributed by atoms with Gasteiger partial charge in [-0.2, -0.15) is 0 Å². The number of nitrogens with zero attached hydrogens (tertiary/aromatic N) is 2. The van der Waals surface area contributed by atoms with Crippen LogP contribution < -0.4 is 5.32 Å². The number of carbonyl (C=O) groups is 1. The maximum atomic E-state index is 13.2. The maximum Gasteiger partial charge on any atom is 0.257 e. The Labute approximate surface area is 193 Å². The molecule has 0 atom stereocenters. The molecule has 3 aromatic rings. The molecule has 2 heterocycles. The molecule has 0 spiro atoms. The summed E-state index contributed by atoms with van der Waals surface area (Å²) in [6.07, 6.45) is 3.26. The highest BCUT2D eigenvalue weighted by molar-refractivity contribution is 6.30. The van der Waals surface area contributed by atoms with Crippen LogP contribution in [0, 0.1) is 6.92 Å². The molecule has 3 aromatic carbocycles. The average Bonchev–Trinajstić information content (AvgIpc) is 3.43. The van der Waals surface area contributed by atoms with E-state index in [1.54, 1.807) is 0 Å². The zero-order valence-electron chi connectivity index (χ0n) is 18.2. The third-order valence-electron chi connectivity index (χ3n) is 6.26. The lowest BCUT2D eigenvalue weighted by Gasteiger charge is -2.15. The van der Waals surface area contributed by atoms with Crippen LogP contribution in [0.1, 0.15) is 45.5 Å². The molecule has 1 amide bonds. The Bertz CT molecular complexity index is 1210. The highest BCUT2D eigenvalue weighted by Gasteiger charge is 2.23. The number of aryl methyl sites for hydroxylation is 1. The number of para-hydroxylation sites is 1. The highest BCUT2D eigenvalue weighted by Crippen LogP contribution is 2.34. The van der Waals surface area contributed by atoms with E-state index in [-0.39, 0.29) is 5.91 Å². The van der Waals surface area contributed by atoms with Crippen LogP contribution in [0.3, 0.4) is 0 Å². The molecule has 1 saturated heterocycles. The van der Waals surface area contributed by atoms with E-state index in [1.165, 1.54) is 18.4 Å². The minimum Gasteiger partial charge on any atom is -0.322 e. The van der Waals surface area contributed by atoms with Gasteiger partial charge in [-0.15, -0.1) is 0 Å². The van der Waals surface area contributed by atoms with Crippen molar-refractivity contribution in [2.45, 2.75) is 32.7 Å². The number of hydrogen-bond acceptors (Lipinski definition) is 3. The van der Waals surface area contributed by atoms with Crippen LogP contribution in [-0.2, 0) is 13.0 Å². The van der Waals surface area contributed by atoms with Crippen molar-refractivity contribution in [1.82, 2.24) is 4.90 Å². The Kier molecular flexibility index (Phi) is 5.81. The number of carbonyl (C=O) groups excluding carboxylic acids is 1. The largest absolute Gasteiger partial charge is 0.322 e. The van der Waals surface area contributed by atoms with E-state index in [1.807, 2.05) is 55.5 Å². The lowest BCUT2D eigenvalue weighted by molar-refractivity contribution is 0.102. The SMILES string of the molecule is Cc1cc(Cl)ccc1C1=Nc2c(cccc2C(=O)Nc2cccc(CN3CCCC3)c2)C1. The normalized spacial score (nSPS) is 15.5. The van der Waals surface area contributed by atoms with Gasteiger partial charge in [0.15, 0.2) is 0 Å². The van der Waals surface area contributed by atoms with Gasteiger partial charge in [-0.3, -0.25) is 14.7 Å². The van der Waals surface area contributed by atoms with Crippen molar-refractivity contribution < 1.29 is 4.79 Å². The van der Waals surface area contributed by atoms with E-state index in [0.717, 1.165) is 58.4 Å². The van der Waals surface area contributed by atoms with Crippen LogP contribution in [0.5, 0.6) is 0 Å². The zero-order valence-corrected chi connectivity index (χ0v) is 19.0. The Balaban J connectivity index is 1.37. The number of fused-ring (bicyclic) bond motifs is 1. The summed E-state index contributed by atoms with van der Waals surface area (Å²) >= 11 is 6.12. The number of benzene rings is 3. The summed E-state index contributed by atoms with van der Waals surface area (Å²) in [6.45, 7) is 5.27. The van der Waals surface area contributed by atoms with Crippen molar-refractivity contribution >= 4 is 34.6 Å². The highest BCUT2D eigenvalue weighted by atomic mass is 35.5. The molecule has 5 rings (SSSR count). The third kappa shape index (κ3) is 4.34. The number of rotatable bonds is 5. The van der Waals surface area contributed by atoms with E-state index < -0.39 is 0 Å². The summed E-state index contributed by atoms with van der Waals surface area (Å²) in [6, 6.07) is 19.8. The van der Waals surface area contributed by atoms with Gasteiger partial charge in [0.05, 0.1) is 17.0 Å². The molecule has 5 heteroatoms. The standard InChI is InChI=1S/C27H26ClN3O/c1-18-14-21(28)10-11-23(18)25-16-20-7-5-9-24(26(20)30-25)27(32)29-22-8-4-6-19(15-22)17-31-12-2-3-13-31/h4-11,14-15H,2-3,12-13,16-17H2,1H3,(H,29,32). The van der Waals surface area contributed by atoms with E-state index >= 15 is 0 Å². The van der Waals surface area contributed by atoms with Crippen LogP contribution in [0.25, 0.3) is 0 Å². The summed E-state index contributed by atoms with van der Waals surface area (Å²) in [4.78, 5) is 20.5. The predicted octanol–water partition coefficient (Wildman–Crippen LogP) is 6.17. The van der Waals surface area contributed by atoms with Gasteiger partial charge >= 0.3 is 0 Å². The fraction of sp³-hybridized carbons (Fsp3) is 0.259. The van der Waals surface area contributed by atoms with E-state index in [4.69, 9.17) is 16.6 Å². The van der Waals surface area contributed by atoms with E-state index in [2.05, 4.69) is 22.3 Å². The van der Waals surface area contributed by atoms with Crippen molar-refractivity contribution in [2.75, 3.05) is 18.4 Å². The summed E-state index contributed by atoms with van der Waals surface area (Å²) in [5.41, 5.74) is 7.63. The van der Waals surface area contributed by atoms with Crippen molar-refractivity contribution in [1.29, 1.82) is 0 Å². The Morgan fingerprint density at radius 1 is 1.06 bits per heavy atom. The summed E-state index contributed by atoms with van der Waals surface area (Å²) in [5.74, 6) is -0.127. The minimum atomic E-state index is -0.127. The molecular formula is C27H26ClN3O. The summed E-state index contributed by atoms with van der Waals surface area (Å²) < 4.78 is 0. The lowest BCUT2D eigenvalue weighted by Crippen LogP contribution is -2.18. The molecule has 0 saturated carbocycles. The first-order valence-electron chi connectivity index (χ1n) is 11.2. The van der Waals surface area contributed by atoms with Crippen molar-refractivity contribution in [2.24, 2.45) is 4.99 Å². The number of aliphatic imine (C=N–C) groups is 1. The molecule has 0 aromatic heterocycles. The molecule has 0 unspecified atom stereocenters. The van der Waals surface area contributed by atoms with Gasteiger partial charge in [-0.25, -0.2) is 0 Å². The van der Waals surface area contributed by atoms with Crippen LogP contribution in [0.4, 0.5) is 11.4 Å². The van der Waals surface area contributed by atoms with Gasteiger partial charge < -0.3 is 5.32 Å². The first kappa shape index (κ1) is 20.9. The number of nitrogens with one attached hydrogen (secondary N) is 1. The van der Waals surface area contributed by atoms with Gasteiger partial charge in [0, 0.05) is 23.7 Å². The molecule has 1 fully saturated rings. The van der Waals surface area contributed by atoms with E-state index in [0.29, 0.717) is 12.0 Å². The molecule has 162 valence electrons. The Morgan fingerprint density at radius 2 is 1.88 bits per heavy atom.